The molecule has 0 heterocycles. The number of hydrogen-bond donors (Lipinski definition) is 1. The zero-order chi connectivity index (χ0) is 11.3. The van der Waals surface area contributed by atoms with Gasteiger partial charge in [-0.25, -0.2) is 0 Å². The van der Waals surface area contributed by atoms with E-state index in [0.29, 0.717) is 0 Å². The lowest BCUT2D eigenvalue weighted by Crippen LogP contribution is -1.98. The van der Waals surface area contributed by atoms with Crippen LogP contribution in [0.1, 0.15) is 6.92 Å². The Morgan fingerprint density at radius 1 is 1.53 bits per heavy atom. The number of rotatable bonds is 4. The Labute approximate surface area is 85.8 Å². The van der Waals surface area contributed by atoms with E-state index < -0.39 is 4.92 Å². The van der Waals surface area contributed by atoms with Gasteiger partial charge in [0.05, 0.1) is 11.1 Å². The van der Waals surface area contributed by atoms with E-state index in [2.05, 4.69) is 10.5 Å². The summed E-state index contributed by atoms with van der Waals surface area (Å²) in [6.45, 7) is 1.34. The van der Waals surface area contributed by atoms with E-state index >= 15 is 0 Å². The van der Waals surface area contributed by atoms with Crippen molar-refractivity contribution in [1.82, 2.24) is 0 Å². The second kappa shape index (κ2) is 4.85. The summed E-state index contributed by atoms with van der Waals surface area (Å²) in [5, 5.41) is 14.1. The Kier molecular flexibility index (Phi) is 3.50. The summed E-state index contributed by atoms with van der Waals surface area (Å²) in [6, 6.07) is 6.05. The maximum atomic E-state index is 10.6. The van der Waals surface area contributed by atoms with Crippen molar-refractivity contribution in [3.8, 4) is 0 Å². The van der Waals surface area contributed by atoms with Crippen molar-refractivity contribution in [3.63, 3.8) is 0 Å². The zero-order valence-corrected chi connectivity index (χ0v) is 8.01. The van der Waals surface area contributed by atoms with Crippen molar-refractivity contribution >= 4 is 23.4 Å². The highest BCUT2D eigenvalue weighted by molar-refractivity contribution is 6.26. The normalized spacial score (nSPS) is 10.2. The highest BCUT2D eigenvalue weighted by Crippen LogP contribution is 2.22. The van der Waals surface area contributed by atoms with Crippen molar-refractivity contribution in [2.24, 2.45) is 5.10 Å². The first kappa shape index (κ1) is 10.8. The molecule has 0 spiro atoms. The highest BCUT2D eigenvalue weighted by atomic mass is 16.6. The van der Waals surface area contributed by atoms with Crippen LogP contribution >= 0.6 is 0 Å². The number of nitro groups is 1. The summed E-state index contributed by atoms with van der Waals surface area (Å²) >= 11 is 0. The molecule has 78 valence electrons. The molecular formula is C9H9N3O3. The van der Waals surface area contributed by atoms with Gasteiger partial charge in [0.2, 0.25) is 0 Å². The summed E-state index contributed by atoms with van der Waals surface area (Å²) in [6.07, 6.45) is 1.05. The fourth-order valence-electron chi connectivity index (χ4n) is 0.920. The first-order valence-corrected chi connectivity index (χ1v) is 4.14. The van der Waals surface area contributed by atoms with Crippen LogP contribution in [0.4, 0.5) is 11.4 Å². The second-order valence-electron chi connectivity index (χ2n) is 2.75. The van der Waals surface area contributed by atoms with Crippen LogP contribution in [0.3, 0.4) is 0 Å². The van der Waals surface area contributed by atoms with Crippen molar-refractivity contribution in [3.05, 3.63) is 34.4 Å². The molecule has 0 unspecified atom stereocenters. The minimum Gasteiger partial charge on any atom is -0.293 e. The van der Waals surface area contributed by atoms with Gasteiger partial charge in [0.1, 0.15) is 5.69 Å². The van der Waals surface area contributed by atoms with Gasteiger partial charge in [0, 0.05) is 13.0 Å². The van der Waals surface area contributed by atoms with Crippen LogP contribution in [0.5, 0.6) is 0 Å². The fraction of sp³-hybridized carbons (Fsp3) is 0.111. The molecule has 0 bridgehead atoms. The predicted molar refractivity (Wildman–Crippen MR) is 55.9 cm³/mol. The fourth-order valence-corrected chi connectivity index (χ4v) is 0.920. The molecule has 0 aliphatic rings. The largest absolute Gasteiger partial charge is 0.294 e. The molecule has 6 heteroatoms. The van der Waals surface area contributed by atoms with E-state index in [1.54, 1.807) is 12.1 Å². The van der Waals surface area contributed by atoms with Crippen LogP contribution in [0.25, 0.3) is 0 Å². The average Bonchev–Trinajstić information content (AvgIpc) is 2.17. The van der Waals surface area contributed by atoms with Gasteiger partial charge < -0.3 is 0 Å². The van der Waals surface area contributed by atoms with Crippen LogP contribution < -0.4 is 5.43 Å². The number of nitrogens with zero attached hydrogens (tertiary/aromatic N) is 2. The number of anilines is 1. The summed E-state index contributed by atoms with van der Waals surface area (Å²) in [5.74, 6) is -0.235. The number of carbonyl (C=O) groups excluding carboxylic acids is 1. The van der Waals surface area contributed by atoms with Crippen LogP contribution in [0.15, 0.2) is 29.4 Å². The Hall–Kier alpha value is -2.24. The van der Waals surface area contributed by atoms with Gasteiger partial charge in [0.15, 0.2) is 5.78 Å². The lowest BCUT2D eigenvalue weighted by atomic mass is 10.3. The molecule has 1 N–H and O–H groups in total. The smallest absolute Gasteiger partial charge is 0.293 e. The molecule has 1 aromatic rings. The first-order valence-electron chi connectivity index (χ1n) is 4.14. The van der Waals surface area contributed by atoms with E-state index in [1.165, 1.54) is 19.1 Å². The Bertz CT molecular complexity index is 415. The van der Waals surface area contributed by atoms with Gasteiger partial charge in [-0.2, -0.15) is 5.10 Å². The Morgan fingerprint density at radius 3 is 2.80 bits per heavy atom. The minimum atomic E-state index is -0.522. The monoisotopic (exact) mass is 207 g/mol. The Morgan fingerprint density at radius 2 is 2.20 bits per heavy atom. The molecule has 1 aromatic carbocycles. The molecule has 0 aliphatic carbocycles. The SMILES string of the molecule is CC(=O)/C=N/Nc1ccccc1[N+](=O)[O-]. The summed E-state index contributed by atoms with van der Waals surface area (Å²) in [7, 11) is 0. The number of benzene rings is 1. The zero-order valence-electron chi connectivity index (χ0n) is 8.01. The summed E-state index contributed by atoms with van der Waals surface area (Å²) in [4.78, 5) is 20.6. The summed E-state index contributed by atoms with van der Waals surface area (Å²) in [5.41, 5.74) is 2.60. The van der Waals surface area contributed by atoms with Gasteiger partial charge in [-0.1, -0.05) is 12.1 Å². The first-order chi connectivity index (χ1) is 7.11. The molecule has 6 nitrogen and oxygen atoms in total. The molecule has 0 saturated carbocycles. The summed E-state index contributed by atoms with van der Waals surface area (Å²) < 4.78 is 0. The molecule has 15 heavy (non-hydrogen) atoms. The van der Waals surface area contributed by atoms with Crippen molar-refractivity contribution < 1.29 is 9.72 Å². The molecule has 0 fully saturated rings. The number of ketones is 1. The van der Waals surface area contributed by atoms with Crippen LogP contribution in [-0.2, 0) is 4.79 Å². The molecule has 0 atom stereocenters. The molecule has 0 saturated heterocycles. The minimum absolute atomic E-state index is 0.0850. The second-order valence-corrected chi connectivity index (χ2v) is 2.75. The third-order valence-electron chi connectivity index (χ3n) is 1.53. The van der Waals surface area contributed by atoms with Crippen molar-refractivity contribution in [2.75, 3.05) is 5.43 Å². The van der Waals surface area contributed by atoms with Gasteiger partial charge >= 0.3 is 0 Å². The third kappa shape index (κ3) is 3.18. The molecule has 0 amide bonds. The number of para-hydroxylation sites is 2. The van der Waals surface area contributed by atoms with Crippen molar-refractivity contribution in [1.29, 1.82) is 0 Å². The standard InChI is InChI=1S/C9H9N3O3/c1-7(13)6-10-11-8-4-2-3-5-9(8)12(14)15/h2-6,11H,1H3/b10-6+. The van der Waals surface area contributed by atoms with E-state index in [0.717, 1.165) is 6.21 Å². The quantitative estimate of drug-likeness (QED) is 0.461. The molecule has 1 rings (SSSR count). The van der Waals surface area contributed by atoms with Gasteiger partial charge in [-0.05, 0) is 6.07 Å². The lowest BCUT2D eigenvalue weighted by Gasteiger charge is -1.99. The number of carbonyl (C=O) groups is 1. The molecule has 0 aromatic heterocycles. The van der Waals surface area contributed by atoms with Gasteiger partial charge in [-0.3, -0.25) is 20.3 Å². The highest BCUT2D eigenvalue weighted by Gasteiger charge is 2.10. The number of nitrogens with one attached hydrogen (secondary N) is 1. The van der Waals surface area contributed by atoms with Crippen LogP contribution in [-0.4, -0.2) is 16.9 Å². The van der Waals surface area contributed by atoms with Gasteiger partial charge in [-0.15, -0.1) is 0 Å². The molecule has 0 aliphatic heterocycles. The maximum absolute atomic E-state index is 10.6. The molecular weight excluding hydrogens is 198 g/mol. The van der Waals surface area contributed by atoms with E-state index in [4.69, 9.17) is 0 Å². The van der Waals surface area contributed by atoms with E-state index in [9.17, 15) is 14.9 Å². The number of Topliss-reactive ketones (excluding diaryl/α,β-unsaturated/α-hetero) is 1. The lowest BCUT2D eigenvalue weighted by molar-refractivity contribution is -0.384. The van der Waals surface area contributed by atoms with E-state index in [1.807, 2.05) is 0 Å². The Balaban J connectivity index is 2.85. The van der Waals surface area contributed by atoms with Crippen LogP contribution in [0, 0.1) is 10.1 Å². The third-order valence-corrected chi connectivity index (χ3v) is 1.53. The average molecular weight is 207 g/mol. The van der Waals surface area contributed by atoms with Crippen LogP contribution in [0.2, 0.25) is 0 Å². The number of hydrogen-bond acceptors (Lipinski definition) is 5. The number of nitro benzene ring substituents is 1. The predicted octanol–water partition coefficient (Wildman–Crippen LogP) is 1.58. The topological polar surface area (TPSA) is 84.6 Å². The maximum Gasteiger partial charge on any atom is 0.294 e. The van der Waals surface area contributed by atoms with Gasteiger partial charge in [0.25, 0.3) is 5.69 Å². The van der Waals surface area contributed by atoms with E-state index in [-0.39, 0.29) is 17.2 Å². The molecule has 0 radical (unpaired) electrons. The number of hydrazone groups is 1. The van der Waals surface area contributed by atoms with Crippen molar-refractivity contribution in [2.45, 2.75) is 6.92 Å².